The van der Waals surface area contributed by atoms with Gasteiger partial charge in [-0.15, -0.1) is 0 Å². The van der Waals surface area contributed by atoms with Crippen molar-refractivity contribution in [3.8, 4) is 0 Å². The number of rotatable bonds is 4. The van der Waals surface area contributed by atoms with Gasteiger partial charge in [0.05, 0.1) is 0 Å². The van der Waals surface area contributed by atoms with Gasteiger partial charge in [0.2, 0.25) is 0 Å². The molecule has 0 aliphatic heterocycles. The molecule has 98 valence electrons. The number of nitroso groups, excluding NO2 is 1. The van der Waals surface area contributed by atoms with E-state index in [0.29, 0.717) is 6.42 Å². The van der Waals surface area contributed by atoms with Gasteiger partial charge in [0.1, 0.15) is 6.04 Å². The van der Waals surface area contributed by atoms with Crippen molar-refractivity contribution in [2.24, 2.45) is 5.18 Å². The van der Waals surface area contributed by atoms with Crippen LogP contribution >= 0.6 is 0 Å². The topological polar surface area (TPSA) is 32.7 Å². The summed E-state index contributed by atoms with van der Waals surface area (Å²) in [6, 6.07) is 8.17. The van der Waals surface area contributed by atoms with Crippen LogP contribution in [0, 0.1) is 4.91 Å². The van der Waals surface area contributed by atoms with Crippen LogP contribution in [0.15, 0.2) is 59.3 Å². The fourth-order valence-corrected chi connectivity index (χ4v) is 1.90. The normalized spacial score (nSPS) is 18.4. The molecule has 0 fully saturated rings. The lowest BCUT2D eigenvalue weighted by molar-refractivity contribution is 0.815. The molecule has 0 N–H and O–H groups in total. The van der Waals surface area contributed by atoms with Gasteiger partial charge < -0.3 is 4.90 Å². The fourth-order valence-electron chi connectivity index (χ4n) is 1.90. The maximum Gasteiger partial charge on any atom is 0.114 e. The highest BCUT2D eigenvalue weighted by atomic mass is 16.3. The Morgan fingerprint density at radius 1 is 1.21 bits per heavy atom. The maximum absolute atomic E-state index is 10.4. The molecule has 1 aliphatic carbocycles. The van der Waals surface area contributed by atoms with Crippen LogP contribution in [0.1, 0.15) is 12.0 Å². The number of nitrogens with zero attached hydrogens (tertiary/aromatic N) is 2. The molecule has 0 saturated carbocycles. The Hall–Kier alpha value is -2.16. The highest BCUT2D eigenvalue weighted by molar-refractivity contribution is 5.58. The Morgan fingerprint density at radius 2 is 1.95 bits per heavy atom. The molecule has 0 bridgehead atoms. The molecule has 19 heavy (non-hydrogen) atoms. The average Bonchev–Trinajstić information content (AvgIpc) is 2.46. The van der Waals surface area contributed by atoms with E-state index in [-0.39, 0.29) is 6.04 Å². The summed E-state index contributed by atoms with van der Waals surface area (Å²) in [5.41, 5.74) is 3.47. The summed E-state index contributed by atoms with van der Waals surface area (Å²) in [6.07, 6.45) is 10.7. The first-order valence-corrected chi connectivity index (χ1v) is 6.35. The smallest absolute Gasteiger partial charge is 0.114 e. The van der Waals surface area contributed by atoms with Gasteiger partial charge >= 0.3 is 0 Å². The standard InChI is InChI=1S/C16H18N2O/c1-18(2)16-11-7-14(8-12-16)4-3-13-5-9-15(17-19)10-6-13/h3-9,11-12,15H,10H2,1-2H3/b4-3+. The van der Waals surface area contributed by atoms with E-state index in [2.05, 4.69) is 46.5 Å². The number of benzene rings is 1. The highest BCUT2D eigenvalue weighted by Crippen LogP contribution is 2.17. The second kappa shape index (κ2) is 6.14. The molecular formula is C16H18N2O. The molecule has 1 unspecified atom stereocenters. The SMILES string of the molecule is CN(C)c1ccc(/C=C/C2=CCC(N=O)C=C2)cc1. The van der Waals surface area contributed by atoms with Gasteiger partial charge in [-0.2, -0.15) is 4.91 Å². The van der Waals surface area contributed by atoms with Gasteiger partial charge in [0.25, 0.3) is 0 Å². The minimum Gasteiger partial charge on any atom is -0.378 e. The molecule has 0 heterocycles. The van der Waals surface area contributed by atoms with E-state index in [1.807, 2.05) is 32.3 Å². The van der Waals surface area contributed by atoms with Crippen LogP contribution in [0.4, 0.5) is 5.69 Å². The molecule has 0 radical (unpaired) electrons. The van der Waals surface area contributed by atoms with Crippen molar-refractivity contribution >= 4 is 11.8 Å². The number of allylic oxidation sites excluding steroid dienone is 3. The van der Waals surface area contributed by atoms with Crippen LogP contribution in [0.5, 0.6) is 0 Å². The lowest BCUT2D eigenvalue weighted by atomic mass is 10.0. The third kappa shape index (κ3) is 3.65. The minimum absolute atomic E-state index is 0.198. The fraction of sp³-hybridized carbons (Fsp3) is 0.250. The van der Waals surface area contributed by atoms with Gasteiger partial charge in [-0.3, -0.25) is 0 Å². The number of anilines is 1. The van der Waals surface area contributed by atoms with Crippen molar-refractivity contribution in [1.29, 1.82) is 0 Å². The lowest BCUT2D eigenvalue weighted by Gasteiger charge is -2.11. The van der Waals surface area contributed by atoms with Crippen LogP contribution in [0.3, 0.4) is 0 Å². The van der Waals surface area contributed by atoms with E-state index in [9.17, 15) is 4.91 Å². The van der Waals surface area contributed by atoms with E-state index in [0.717, 1.165) is 11.1 Å². The van der Waals surface area contributed by atoms with Crippen molar-refractivity contribution in [2.75, 3.05) is 19.0 Å². The van der Waals surface area contributed by atoms with E-state index in [4.69, 9.17) is 0 Å². The van der Waals surface area contributed by atoms with Gasteiger partial charge in [0.15, 0.2) is 0 Å². The molecule has 1 aromatic carbocycles. The molecule has 0 saturated heterocycles. The molecule has 3 nitrogen and oxygen atoms in total. The first kappa shape index (κ1) is 13.3. The van der Waals surface area contributed by atoms with Crippen molar-refractivity contribution < 1.29 is 0 Å². The largest absolute Gasteiger partial charge is 0.378 e. The van der Waals surface area contributed by atoms with Crippen LogP contribution < -0.4 is 4.90 Å². The Kier molecular flexibility index (Phi) is 4.29. The Balaban J connectivity index is 2.01. The van der Waals surface area contributed by atoms with Gasteiger partial charge in [-0.05, 0) is 29.7 Å². The summed E-state index contributed by atoms with van der Waals surface area (Å²) < 4.78 is 0. The molecule has 1 aliphatic rings. The monoisotopic (exact) mass is 254 g/mol. The summed E-state index contributed by atoms with van der Waals surface area (Å²) in [5.74, 6) is 0. The van der Waals surface area contributed by atoms with E-state index < -0.39 is 0 Å². The van der Waals surface area contributed by atoms with Crippen molar-refractivity contribution in [2.45, 2.75) is 12.5 Å². The molecule has 0 amide bonds. The Bertz CT molecular complexity index is 524. The number of hydrogen-bond acceptors (Lipinski definition) is 3. The third-order valence-electron chi connectivity index (χ3n) is 3.12. The van der Waals surface area contributed by atoms with E-state index in [1.165, 1.54) is 5.69 Å². The van der Waals surface area contributed by atoms with Crippen LogP contribution in [0.25, 0.3) is 6.08 Å². The second-order valence-electron chi connectivity index (χ2n) is 4.79. The van der Waals surface area contributed by atoms with Crippen molar-refractivity contribution in [3.05, 3.63) is 64.6 Å². The van der Waals surface area contributed by atoms with Crippen LogP contribution in [0.2, 0.25) is 0 Å². The first-order chi connectivity index (χ1) is 9.19. The zero-order chi connectivity index (χ0) is 13.7. The zero-order valence-electron chi connectivity index (χ0n) is 11.3. The lowest BCUT2D eigenvalue weighted by Crippen LogP contribution is -2.07. The van der Waals surface area contributed by atoms with Crippen molar-refractivity contribution in [3.63, 3.8) is 0 Å². The average molecular weight is 254 g/mol. The molecule has 0 spiro atoms. The van der Waals surface area contributed by atoms with Gasteiger partial charge in [0, 0.05) is 19.8 Å². The predicted octanol–water partition coefficient (Wildman–Crippen LogP) is 3.79. The molecule has 1 aromatic rings. The molecule has 0 aromatic heterocycles. The number of hydrogen-bond donors (Lipinski definition) is 0. The summed E-state index contributed by atoms with van der Waals surface area (Å²) in [5, 5.41) is 3.02. The van der Waals surface area contributed by atoms with E-state index >= 15 is 0 Å². The maximum atomic E-state index is 10.4. The summed E-state index contributed by atoms with van der Waals surface area (Å²) in [6.45, 7) is 0. The summed E-state index contributed by atoms with van der Waals surface area (Å²) in [4.78, 5) is 12.5. The van der Waals surface area contributed by atoms with Gasteiger partial charge in [-0.25, -0.2) is 0 Å². The molecular weight excluding hydrogens is 236 g/mol. The molecule has 1 atom stereocenters. The summed E-state index contributed by atoms with van der Waals surface area (Å²) in [7, 11) is 4.06. The Morgan fingerprint density at radius 3 is 2.47 bits per heavy atom. The second-order valence-corrected chi connectivity index (χ2v) is 4.79. The van der Waals surface area contributed by atoms with Crippen LogP contribution in [-0.2, 0) is 0 Å². The minimum atomic E-state index is -0.198. The van der Waals surface area contributed by atoms with Crippen LogP contribution in [-0.4, -0.2) is 20.1 Å². The third-order valence-corrected chi connectivity index (χ3v) is 3.12. The highest BCUT2D eigenvalue weighted by Gasteiger charge is 2.06. The van der Waals surface area contributed by atoms with Gasteiger partial charge in [-0.1, -0.05) is 47.7 Å². The zero-order valence-corrected chi connectivity index (χ0v) is 11.3. The summed E-state index contributed by atoms with van der Waals surface area (Å²) >= 11 is 0. The first-order valence-electron chi connectivity index (χ1n) is 6.35. The van der Waals surface area contributed by atoms with Crippen molar-refractivity contribution in [1.82, 2.24) is 0 Å². The Labute approximate surface area is 113 Å². The predicted molar refractivity (Wildman–Crippen MR) is 81.2 cm³/mol. The molecule has 2 rings (SSSR count). The quantitative estimate of drug-likeness (QED) is 0.766. The molecule has 3 heteroatoms. The van der Waals surface area contributed by atoms with E-state index in [1.54, 1.807) is 0 Å².